The molecule has 0 atom stereocenters. The average molecular weight is 520 g/mol. The van der Waals surface area contributed by atoms with Gasteiger partial charge in [-0.1, -0.05) is 58.4 Å². The highest BCUT2D eigenvalue weighted by Crippen LogP contribution is 2.27. The van der Waals surface area contributed by atoms with Gasteiger partial charge in [0, 0.05) is 36.6 Å². The van der Waals surface area contributed by atoms with Gasteiger partial charge < -0.3 is 4.90 Å². The van der Waals surface area contributed by atoms with Crippen LogP contribution >= 0.6 is 15.9 Å². The molecule has 5 nitrogen and oxygen atoms in total. The molecule has 2 saturated heterocycles. The number of hydrogen-bond donors (Lipinski definition) is 0. The number of likely N-dealkylation sites (tertiary alicyclic amines) is 1. The Morgan fingerprint density at radius 2 is 1.53 bits per heavy atom. The summed E-state index contributed by atoms with van der Waals surface area (Å²) in [7, 11) is -3.38. The Morgan fingerprint density at radius 1 is 0.875 bits per heavy atom. The maximum absolute atomic E-state index is 13.1. The van der Waals surface area contributed by atoms with Gasteiger partial charge in [0.25, 0.3) is 0 Å². The minimum Gasteiger partial charge on any atom is -0.342 e. The molecule has 1 amide bonds. The fourth-order valence-electron chi connectivity index (χ4n) is 4.87. The van der Waals surface area contributed by atoms with E-state index in [1.165, 1.54) is 5.56 Å². The zero-order valence-electron chi connectivity index (χ0n) is 18.3. The summed E-state index contributed by atoms with van der Waals surface area (Å²) in [5.74, 6) is 0.789. The molecule has 2 aliphatic rings. The lowest BCUT2D eigenvalue weighted by molar-refractivity contribution is -0.138. The van der Waals surface area contributed by atoms with Crippen LogP contribution in [0.25, 0.3) is 0 Å². The minimum absolute atomic E-state index is 0.0000190. The molecule has 0 radical (unpaired) electrons. The van der Waals surface area contributed by atoms with E-state index in [1.54, 1.807) is 4.31 Å². The number of amides is 1. The molecule has 2 aliphatic heterocycles. The maximum Gasteiger partial charge on any atom is 0.225 e. The van der Waals surface area contributed by atoms with Crippen molar-refractivity contribution in [1.29, 1.82) is 0 Å². The summed E-state index contributed by atoms with van der Waals surface area (Å²) in [4.78, 5) is 15.1. The second-order valence-corrected chi connectivity index (χ2v) is 11.9. The van der Waals surface area contributed by atoms with Crippen LogP contribution in [0.5, 0.6) is 0 Å². The molecule has 0 unspecified atom stereocenters. The van der Waals surface area contributed by atoms with Crippen molar-refractivity contribution in [3.8, 4) is 0 Å². The van der Waals surface area contributed by atoms with Crippen LogP contribution < -0.4 is 0 Å². The van der Waals surface area contributed by atoms with E-state index in [1.807, 2.05) is 35.2 Å². The van der Waals surface area contributed by atoms with Gasteiger partial charge in [0.15, 0.2) is 0 Å². The van der Waals surface area contributed by atoms with Gasteiger partial charge in [-0.2, -0.15) is 0 Å². The van der Waals surface area contributed by atoms with E-state index in [0.29, 0.717) is 31.8 Å². The smallest absolute Gasteiger partial charge is 0.225 e. The maximum atomic E-state index is 13.1. The average Bonchev–Trinajstić information content (AvgIpc) is 2.80. The fraction of sp³-hybridized carbons (Fsp3) is 0.480. The predicted molar refractivity (Wildman–Crippen MR) is 131 cm³/mol. The van der Waals surface area contributed by atoms with Gasteiger partial charge in [-0.05, 0) is 61.3 Å². The second kappa shape index (κ2) is 10.5. The van der Waals surface area contributed by atoms with Crippen molar-refractivity contribution in [2.75, 3.05) is 26.2 Å². The number of nitrogens with zero attached hydrogens (tertiary/aromatic N) is 2. The van der Waals surface area contributed by atoms with Crippen LogP contribution in [0.1, 0.15) is 36.8 Å². The van der Waals surface area contributed by atoms with E-state index < -0.39 is 10.0 Å². The van der Waals surface area contributed by atoms with E-state index in [2.05, 4.69) is 40.2 Å². The van der Waals surface area contributed by atoms with Gasteiger partial charge >= 0.3 is 0 Å². The lowest BCUT2D eigenvalue weighted by atomic mass is 9.89. The summed E-state index contributed by atoms with van der Waals surface area (Å²) < 4.78 is 28.1. The van der Waals surface area contributed by atoms with Crippen LogP contribution in [0.4, 0.5) is 0 Å². The van der Waals surface area contributed by atoms with Crippen LogP contribution in [0.3, 0.4) is 0 Å². The first-order valence-corrected chi connectivity index (χ1v) is 13.9. The lowest BCUT2D eigenvalue weighted by Crippen LogP contribution is -2.46. The molecule has 2 fully saturated rings. The topological polar surface area (TPSA) is 57.7 Å². The third-order valence-electron chi connectivity index (χ3n) is 6.73. The van der Waals surface area contributed by atoms with Crippen molar-refractivity contribution < 1.29 is 13.2 Å². The van der Waals surface area contributed by atoms with Crippen LogP contribution in [0, 0.1) is 11.8 Å². The number of rotatable bonds is 6. The highest BCUT2D eigenvalue weighted by Gasteiger charge is 2.34. The molecule has 7 heteroatoms. The number of piperidine rings is 2. The molecule has 0 saturated carbocycles. The van der Waals surface area contributed by atoms with Gasteiger partial charge in [0.1, 0.15) is 0 Å². The number of carbonyl (C=O) groups excluding carboxylic acids is 1. The predicted octanol–water partition coefficient (Wildman–Crippen LogP) is 4.47. The number of carbonyl (C=O) groups is 1. The van der Waals surface area contributed by atoms with Crippen molar-refractivity contribution in [2.45, 2.75) is 37.9 Å². The zero-order chi connectivity index (χ0) is 22.6. The molecule has 0 aromatic heterocycles. The largest absolute Gasteiger partial charge is 0.342 e. The fourth-order valence-corrected chi connectivity index (χ4v) is 6.87. The van der Waals surface area contributed by atoms with Crippen LogP contribution in [-0.2, 0) is 27.0 Å². The Balaban J connectivity index is 1.25. The summed E-state index contributed by atoms with van der Waals surface area (Å²) in [5, 5.41) is 0. The Hall–Kier alpha value is -1.70. The molecular weight excluding hydrogens is 488 g/mol. The molecule has 0 aliphatic carbocycles. The summed E-state index contributed by atoms with van der Waals surface area (Å²) in [5.41, 5.74) is 2.14. The zero-order valence-corrected chi connectivity index (χ0v) is 20.7. The van der Waals surface area contributed by atoms with Gasteiger partial charge in [-0.3, -0.25) is 4.79 Å². The molecule has 2 aromatic rings. The highest BCUT2D eigenvalue weighted by molar-refractivity contribution is 9.10. The number of hydrogen-bond acceptors (Lipinski definition) is 3. The van der Waals surface area contributed by atoms with Gasteiger partial charge in [0.2, 0.25) is 15.9 Å². The Bertz CT molecular complexity index is 1010. The molecule has 2 heterocycles. The molecular formula is C25H31BrN2O3S. The number of benzene rings is 2. The molecule has 0 spiro atoms. The van der Waals surface area contributed by atoms with E-state index >= 15 is 0 Å². The molecule has 2 aromatic carbocycles. The quantitative estimate of drug-likeness (QED) is 0.566. The van der Waals surface area contributed by atoms with Crippen molar-refractivity contribution >= 4 is 31.9 Å². The van der Waals surface area contributed by atoms with Gasteiger partial charge in [0.05, 0.1) is 5.75 Å². The normalized spacial score (nSPS) is 19.2. The first-order chi connectivity index (χ1) is 15.4. The number of sulfonamides is 1. The second-order valence-electron chi connectivity index (χ2n) is 9.02. The van der Waals surface area contributed by atoms with Crippen LogP contribution in [0.2, 0.25) is 0 Å². The van der Waals surface area contributed by atoms with E-state index in [9.17, 15) is 13.2 Å². The van der Waals surface area contributed by atoms with Gasteiger partial charge in [-0.25, -0.2) is 12.7 Å². The minimum atomic E-state index is -3.38. The molecule has 32 heavy (non-hydrogen) atoms. The van der Waals surface area contributed by atoms with Crippen molar-refractivity contribution in [2.24, 2.45) is 11.8 Å². The van der Waals surface area contributed by atoms with Crippen LogP contribution in [-0.4, -0.2) is 49.7 Å². The monoisotopic (exact) mass is 518 g/mol. The molecule has 0 bridgehead atoms. The summed E-state index contributed by atoms with van der Waals surface area (Å²) >= 11 is 3.40. The van der Waals surface area contributed by atoms with E-state index in [-0.39, 0.29) is 17.6 Å². The Labute approximate surface area is 200 Å². The van der Waals surface area contributed by atoms with Crippen LogP contribution in [0.15, 0.2) is 59.1 Å². The third kappa shape index (κ3) is 6.00. The van der Waals surface area contributed by atoms with E-state index in [4.69, 9.17) is 0 Å². The third-order valence-corrected chi connectivity index (χ3v) is 9.07. The van der Waals surface area contributed by atoms with Crippen molar-refractivity contribution in [3.63, 3.8) is 0 Å². The Kier molecular flexibility index (Phi) is 7.69. The molecule has 172 valence electrons. The van der Waals surface area contributed by atoms with E-state index in [0.717, 1.165) is 42.4 Å². The molecule has 4 rings (SSSR count). The first-order valence-electron chi connectivity index (χ1n) is 11.5. The molecule has 0 N–H and O–H groups in total. The highest BCUT2D eigenvalue weighted by atomic mass is 79.9. The Morgan fingerprint density at radius 3 is 2.19 bits per heavy atom. The first kappa shape index (κ1) is 23.5. The standard InChI is InChI=1S/C25H31BrN2O3S/c26-24-8-4-7-22(18-24)19-32(30,31)28-15-11-23(12-16-28)25(29)27-13-9-21(10-14-27)17-20-5-2-1-3-6-20/h1-8,18,21,23H,9-17,19H2. The van der Waals surface area contributed by atoms with Crippen molar-refractivity contribution in [1.82, 2.24) is 9.21 Å². The summed E-state index contributed by atoms with van der Waals surface area (Å²) in [6.45, 7) is 2.49. The summed E-state index contributed by atoms with van der Waals surface area (Å²) in [6, 6.07) is 18.0. The van der Waals surface area contributed by atoms with Gasteiger partial charge in [-0.15, -0.1) is 0 Å². The number of halogens is 1. The van der Waals surface area contributed by atoms with Crippen molar-refractivity contribution in [3.05, 3.63) is 70.2 Å². The SMILES string of the molecule is O=C(C1CCN(S(=O)(=O)Cc2cccc(Br)c2)CC1)N1CCC(Cc2ccccc2)CC1. The summed E-state index contributed by atoms with van der Waals surface area (Å²) in [6.07, 6.45) is 4.39. The lowest BCUT2D eigenvalue weighted by Gasteiger charge is -2.37.